The lowest BCUT2D eigenvalue weighted by Crippen LogP contribution is -2.45. The highest BCUT2D eigenvalue weighted by Gasteiger charge is 2.32. The minimum atomic E-state index is -0.749. The Bertz CT molecular complexity index is 436. The maximum absolute atomic E-state index is 13.6. The van der Waals surface area contributed by atoms with Gasteiger partial charge in [0, 0.05) is 18.2 Å². The smallest absolute Gasteiger partial charge is 0.308 e. The standard InChI is InChI=1S/C14H18FNO2/c1-10-12(14(17)18)6-4-8-16(10)9-11-5-2-3-7-13(11)15/h2-3,5,7,10,12H,4,6,8-9H2,1H3,(H,17,18)/t10-,12-/m1/s1. The number of carbonyl (C=O) groups is 1. The van der Waals surface area contributed by atoms with Crippen LogP contribution in [0.4, 0.5) is 4.39 Å². The van der Waals surface area contributed by atoms with Crippen molar-refractivity contribution in [2.24, 2.45) is 5.92 Å². The van der Waals surface area contributed by atoms with Gasteiger partial charge in [0.25, 0.3) is 0 Å². The van der Waals surface area contributed by atoms with E-state index in [1.807, 2.05) is 13.0 Å². The molecule has 0 amide bonds. The topological polar surface area (TPSA) is 40.5 Å². The molecule has 1 heterocycles. The number of piperidine rings is 1. The van der Waals surface area contributed by atoms with Crippen molar-refractivity contribution in [2.75, 3.05) is 6.54 Å². The molecular weight excluding hydrogens is 233 g/mol. The molecule has 18 heavy (non-hydrogen) atoms. The Morgan fingerprint density at radius 3 is 2.89 bits per heavy atom. The molecular formula is C14H18FNO2. The van der Waals surface area contributed by atoms with E-state index in [-0.39, 0.29) is 17.8 Å². The molecule has 1 N–H and O–H groups in total. The highest BCUT2D eigenvalue weighted by atomic mass is 19.1. The summed E-state index contributed by atoms with van der Waals surface area (Å²) in [5.74, 6) is -1.31. The SMILES string of the molecule is C[C@@H]1[C@H](C(=O)O)CCCN1Cc1ccccc1F. The number of halogens is 1. The molecule has 0 radical (unpaired) electrons. The highest BCUT2D eigenvalue weighted by Crippen LogP contribution is 2.25. The fourth-order valence-corrected chi connectivity index (χ4v) is 2.61. The molecule has 98 valence electrons. The third kappa shape index (κ3) is 2.70. The van der Waals surface area contributed by atoms with Crippen LogP contribution in [0.3, 0.4) is 0 Å². The average molecular weight is 251 g/mol. The maximum Gasteiger partial charge on any atom is 0.308 e. The summed E-state index contributed by atoms with van der Waals surface area (Å²) >= 11 is 0. The normalized spacial score (nSPS) is 25.0. The van der Waals surface area contributed by atoms with Gasteiger partial charge < -0.3 is 5.11 Å². The van der Waals surface area contributed by atoms with Gasteiger partial charge in [-0.25, -0.2) is 4.39 Å². The summed E-state index contributed by atoms with van der Waals surface area (Å²) in [7, 11) is 0. The zero-order valence-electron chi connectivity index (χ0n) is 10.5. The van der Waals surface area contributed by atoms with Gasteiger partial charge in [0.2, 0.25) is 0 Å². The lowest BCUT2D eigenvalue weighted by atomic mass is 9.90. The van der Waals surface area contributed by atoms with Crippen LogP contribution >= 0.6 is 0 Å². The van der Waals surface area contributed by atoms with Crippen LogP contribution in [0.5, 0.6) is 0 Å². The van der Waals surface area contributed by atoms with E-state index >= 15 is 0 Å². The van der Waals surface area contributed by atoms with Gasteiger partial charge in [-0.05, 0) is 32.4 Å². The zero-order valence-corrected chi connectivity index (χ0v) is 10.5. The molecule has 0 saturated carbocycles. The Hall–Kier alpha value is -1.42. The summed E-state index contributed by atoms with van der Waals surface area (Å²) in [4.78, 5) is 13.2. The summed E-state index contributed by atoms with van der Waals surface area (Å²) < 4.78 is 13.6. The minimum Gasteiger partial charge on any atom is -0.481 e. The molecule has 1 aromatic rings. The quantitative estimate of drug-likeness (QED) is 0.897. The molecule has 0 unspecified atom stereocenters. The second kappa shape index (κ2) is 5.48. The van der Waals surface area contributed by atoms with E-state index in [0.717, 1.165) is 13.0 Å². The van der Waals surface area contributed by atoms with Crippen molar-refractivity contribution >= 4 is 5.97 Å². The molecule has 0 bridgehead atoms. The largest absolute Gasteiger partial charge is 0.481 e. The molecule has 1 aliphatic heterocycles. The molecule has 0 aromatic heterocycles. The van der Waals surface area contributed by atoms with Crippen molar-refractivity contribution in [1.29, 1.82) is 0 Å². The van der Waals surface area contributed by atoms with Gasteiger partial charge in [-0.15, -0.1) is 0 Å². The number of aliphatic carboxylic acids is 1. The molecule has 2 rings (SSSR count). The van der Waals surface area contributed by atoms with Crippen LogP contribution in [0.25, 0.3) is 0 Å². The summed E-state index contributed by atoms with van der Waals surface area (Å²) in [6.07, 6.45) is 1.57. The number of likely N-dealkylation sites (tertiary alicyclic amines) is 1. The first-order chi connectivity index (χ1) is 8.59. The van der Waals surface area contributed by atoms with E-state index in [1.54, 1.807) is 12.1 Å². The predicted molar refractivity (Wildman–Crippen MR) is 66.6 cm³/mol. The summed E-state index contributed by atoms with van der Waals surface area (Å²) in [6.45, 7) is 3.23. The van der Waals surface area contributed by atoms with Crippen molar-refractivity contribution in [3.8, 4) is 0 Å². The number of hydrogen-bond acceptors (Lipinski definition) is 2. The third-order valence-corrected chi connectivity index (χ3v) is 3.77. The van der Waals surface area contributed by atoms with Gasteiger partial charge in [0.15, 0.2) is 0 Å². The van der Waals surface area contributed by atoms with Gasteiger partial charge in [-0.2, -0.15) is 0 Å². The van der Waals surface area contributed by atoms with E-state index in [4.69, 9.17) is 5.11 Å². The van der Waals surface area contributed by atoms with Gasteiger partial charge in [-0.3, -0.25) is 9.69 Å². The van der Waals surface area contributed by atoms with Gasteiger partial charge in [0.1, 0.15) is 5.82 Å². The molecule has 1 fully saturated rings. The van der Waals surface area contributed by atoms with E-state index < -0.39 is 5.97 Å². The fourth-order valence-electron chi connectivity index (χ4n) is 2.61. The van der Waals surface area contributed by atoms with Crippen LogP contribution in [-0.2, 0) is 11.3 Å². The number of hydrogen-bond donors (Lipinski definition) is 1. The van der Waals surface area contributed by atoms with Crippen LogP contribution < -0.4 is 0 Å². The van der Waals surface area contributed by atoms with E-state index in [9.17, 15) is 9.18 Å². The Balaban J connectivity index is 2.09. The molecule has 4 heteroatoms. The first kappa shape index (κ1) is 13.0. The fraction of sp³-hybridized carbons (Fsp3) is 0.500. The minimum absolute atomic E-state index is 0.0455. The molecule has 0 spiro atoms. The van der Waals surface area contributed by atoms with Crippen molar-refractivity contribution in [1.82, 2.24) is 4.90 Å². The molecule has 1 aliphatic rings. The van der Waals surface area contributed by atoms with Crippen molar-refractivity contribution in [2.45, 2.75) is 32.4 Å². The number of benzene rings is 1. The van der Waals surface area contributed by atoms with Crippen LogP contribution in [0, 0.1) is 11.7 Å². The number of nitrogens with zero attached hydrogens (tertiary/aromatic N) is 1. The first-order valence-corrected chi connectivity index (χ1v) is 6.30. The van der Waals surface area contributed by atoms with Crippen LogP contribution in [0.1, 0.15) is 25.3 Å². The lowest BCUT2D eigenvalue weighted by Gasteiger charge is -2.37. The highest BCUT2D eigenvalue weighted by molar-refractivity contribution is 5.70. The molecule has 0 aliphatic carbocycles. The maximum atomic E-state index is 13.6. The van der Waals surface area contributed by atoms with Crippen molar-refractivity contribution in [3.63, 3.8) is 0 Å². The Morgan fingerprint density at radius 2 is 2.22 bits per heavy atom. The Labute approximate surface area is 106 Å². The third-order valence-electron chi connectivity index (χ3n) is 3.77. The Morgan fingerprint density at radius 1 is 1.50 bits per heavy atom. The molecule has 1 saturated heterocycles. The number of rotatable bonds is 3. The number of carboxylic acids is 1. The van der Waals surface area contributed by atoms with Gasteiger partial charge >= 0.3 is 5.97 Å². The van der Waals surface area contributed by atoms with Gasteiger partial charge in [-0.1, -0.05) is 18.2 Å². The molecule has 2 atom stereocenters. The van der Waals surface area contributed by atoms with Crippen molar-refractivity contribution < 1.29 is 14.3 Å². The Kier molecular flexibility index (Phi) is 3.97. The molecule has 1 aromatic carbocycles. The summed E-state index contributed by atoms with van der Waals surface area (Å²) in [5.41, 5.74) is 0.635. The van der Waals surface area contributed by atoms with E-state index in [0.29, 0.717) is 18.5 Å². The zero-order chi connectivity index (χ0) is 13.1. The number of carboxylic acid groups (broad SMARTS) is 1. The second-order valence-corrected chi connectivity index (χ2v) is 4.89. The van der Waals surface area contributed by atoms with Crippen LogP contribution in [0.15, 0.2) is 24.3 Å². The molecule has 3 nitrogen and oxygen atoms in total. The lowest BCUT2D eigenvalue weighted by molar-refractivity contribution is -0.145. The monoisotopic (exact) mass is 251 g/mol. The van der Waals surface area contributed by atoms with Gasteiger partial charge in [0.05, 0.1) is 5.92 Å². The predicted octanol–water partition coefficient (Wildman–Crippen LogP) is 2.51. The van der Waals surface area contributed by atoms with Crippen LogP contribution in [-0.4, -0.2) is 28.6 Å². The first-order valence-electron chi connectivity index (χ1n) is 6.30. The van der Waals surface area contributed by atoms with Crippen LogP contribution in [0.2, 0.25) is 0 Å². The summed E-state index contributed by atoms with van der Waals surface area (Å²) in [6, 6.07) is 6.63. The van der Waals surface area contributed by atoms with E-state index in [1.165, 1.54) is 6.07 Å². The van der Waals surface area contributed by atoms with E-state index in [2.05, 4.69) is 4.90 Å². The average Bonchev–Trinajstić information content (AvgIpc) is 2.34. The summed E-state index contributed by atoms with van der Waals surface area (Å²) in [5, 5.41) is 9.15. The second-order valence-electron chi connectivity index (χ2n) is 4.89. The van der Waals surface area contributed by atoms with Crippen molar-refractivity contribution in [3.05, 3.63) is 35.6 Å².